The molecule has 4 heteroatoms. The summed E-state index contributed by atoms with van der Waals surface area (Å²) >= 11 is 0. The standard InChI is InChI=1S/C18H19N3O/c19-18(21-12-10-15(22)11-13-21)20-17-9-5-4-8-16(17)14-6-2-1-3-7-14/h1-9H,10-13H2,(H2,19,20). The minimum atomic E-state index is 0.300. The van der Waals surface area contributed by atoms with E-state index in [4.69, 9.17) is 5.73 Å². The molecule has 0 atom stereocenters. The number of piperidine rings is 1. The van der Waals surface area contributed by atoms with Gasteiger partial charge in [0.25, 0.3) is 0 Å². The van der Waals surface area contributed by atoms with Crippen LogP contribution in [0.4, 0.5) is 5.69 Å². The quantitative estimate of drug-likeness (QED) is 0.684. The molecule has 0 spiro atoms. The number of ketones is 1. The number of rotatable bonds is 2. The number of carbonyl (C=O) groups is 1. The van der Waals surface area contributed by atoms with Gasteiger partial charge in [0.05, 0.1) is 5.69 Å². The molecule has 2 N–H and O–H groups in total. The van der Waals surface area contributed by atoms with E-state index in [9.17, 15) is 4.79 Å². The highest BCUT2D eigenvalue weighted by molar-refractivity contribution is 5.87. The first-order chi connectivity index (χ1) is 10.7. The summed E-state index contributed by atoms with van der Waals surface area (Å²) < 4.78 is 0. The molecule has 22 heavy (non-hydrogen) atoms. The molecule has 4 nitrogen and oxygen atoms in total. The van der Waals surface area contributed by atoms with Crippen molar-refractivity contribution in [2.24, 2.45) is 10.7 Å². The predicted octanol–water partition coefficient (Wildman–Crippen LogP) is 2.96. The number of nitrogens with zero attached hydrogens (tertiary/aromatic N) is 2. The Morgan fingerprint density at radius 2 is 1.59 bits per heavy atom. The maximum absolute atomic E-state index is 11.3. The van der Waals surface area contributed by atoms with Crippen LogP contribution in [0.2, 0.25) is 0 Å². The van der Waals surface area contributed by atoms with Gasteiger partial charge < -0.3 is 10.6 Å². The molecule has 2 aromatic carbocycles. The number of likely N-dealkylation sites (tertiary alicyclic amines) is 1. The molecule has 0 aliphatic carbocycles. The van der Waals surface area contributed by atoms with Crippen molar-refractivity contribution in [3.8, 4) is 11.1 Å². The van der Waals surface area contributed by atoms with Gasteiger partial charge >= 0.3 is 0 Å². The molecule has 1 saturated heterocycles. The van der Waals surface area contributed by atoms with Gasteiger partial charge in [0, 0.05) is 31.5 Å². The van der Waals surface area contributed by atoms with Crippen LogP contribution >= 0.6 is 0 Å². The van der Waals surface area contributed by atoms with Crippen molar-refractivity contribution in [1.82, 2.24) is 4.90 Å². The summed E-state index contributed by atoms with van der Waals surface area (Å²) in [6, 6.07) is 18.1. The molecule has 0 aromatic heterocycles. The number of Topliss-reactive ketones (excluding diaryl/α,β-unsaturated/α-hetero) is 1. The van der Waals surface area contributed by atoms with Crippen molar-refractivity contribution >= 4 is 17.4 Å². The summed E-state index contributed by atoms with van der Waals surface area (Å²) in [4.78, 5) is 17.9. The molecule has 1 aliphatic heterocycles. The van der Waals surface area contributed by atoms with Crippen LogP contribution in [-0.2, 0) is 4.79 Å². The lowest BCUT2D eigenvalue weighted by Crippen LogP contribution is -2.42. The van der Waals surface area contributed by atoms with Gasteiger partial charge in [-0.2, -0.15) is 0 Å². The van der Waals surface area contributed by atoms with Crippen LogP contribution in [-0.4, -0.2) is 29.7 Å². The van der Waals surface area contributed by atoms with Crippen LogP contribution < -0.4 is 5.73 Å². The van der Waals surface area contributed by atoms with Gasteiger partial charge in [0.1, 0.15) is 5.78 Å². The highest BCUT2D eigenvalue weighted by atomic mass is 16.1. The topological polar surface area (TPSA) is 58.7 Å². The third kappa shape index (κ3) is 3.17. The number of benzene rings is 2. The zero-order valence-electron chi connectivity index (χ0n) is 12.4. The second-order valence-corrected chi connectivity index (χ2v) is 5.38. The lowest BCUT2D eigenvalue weighted by molar-refractivity contribution is -0.120. The van der Waals surface area contributed by atoms with Gasteiger partial charge in [0.15, 0.2) is 5.96 Å². The molecule has 3 rings (SSSR count). The second kappa shape index (κ2) is 6.43. The minimum Gasteiger partial charge on any atom is -0.369 e. The predicted molar refractivity (Wildman–Crippen MR) is 89.0 cm³/mol. The van der Waals surface area contributed by atoms with Gasteiger partial charge in [-0.25, -0.2) is 4.99 Å². The number of aliphatic imine (C=N–C) groups is 1. The molecule has 0 bridgehead atoms. The zero-order chi connectivity index (χ0) is 15.4. The van der Waals surface area contributed by atoms with E-state index in [1.165, 1.54) is 0 Å². The average molecular weight is 293 g/mol. The van der Waals surface area contributed by atoms with Crippen LogP contribution in [0.1, 0.15) is 12.8 Å². The molecule has 0 amide bonds. The van der Waals surface area contributed by atoms with Crippen molar-refractivity contribution in [3.63, 3.8) is 0 Å². The Morgan fingerprint density at radius 3 is 2.32 bits per heavy atom. The molecule has 112 valence electrons. The maximum Gasteiger partial charge on any atom is 0.196 e. The average Bonchev–Trinajstić information content (AvgIpc) is 2.57. The van der Waals surface area contributed by atoms with Crippen LogP contribution in [0.25, 0.3) is 11.1 Å². The van der Waals surface area contributed by atoms with Gasteiger partial charge in [-0.1, -0.05) is 48.5 Å². The monoisotopic (exact) mass is 293 g/mol. The Bertz CT molecular complexity index is 684. The molecule has 1 fully saturated rings. The first-order valence-electron chi connectivity index (χ1n) is 7.49. The first kappa shape index (κ1) is 14.3. The maximum atomic E-state index is 11.3. The Labute approximate surface area is 130 Å². The summed E-state index contributed by atoms with van der Waals surface area (Å²) in [5.74, 6) is 0.782. The van der Waals surface area contributed by atoms with Crippen molar-refractivity contribution in [3.05, 3.63) is 54.6 Å². The number of guanidine groups is 1. The van der Waals surface area contributed by atoms with Gasteiger partial charge in [-0.05, 0) is 11.6 Å². The first-order valence-corrected chi connectivity index (χ1v) is 7.49. The molecule has 1 heterocycles. The normalized spacial score (nSPS) is 15.9. The molecule has 1 aliphatic rings. The van der Waals surface area contributed by atoms with Crippen molar-refractivity contribution in [1.29, 1.82) is 0 Å². The van der Waals surface area contributed by atoms with E-state index in [0.717, 1.165) is 16.8 Å². The number of nitrogens with two attached hydrogens (primary N) is 1. The Morgan fingerprint density at radius 1 is 0.955 bits per heavy atom. The summed E-state index contributed by atoms with van der Waals surface area (Å²) in [5, 5.41) is 0. The largest absolute Gasteiger partial charge is 0.369 e. The molecule has 0 unspecified atom stereocenters. The van der Waals surface area contributed by atoms with Gasteiger partial charge in [-0.3, -0.25) is 4.79 Å². The minimum absolute atomic E-state index is 0.300. The van der Waals surface area contributed by atoms with Crippen LogP contribution in [0.5, 0.6) is 0 Å². The van der Waals surface area contributed by atoms with Crippen LogP contribution in [0.3, 0.4) is 0 Å². The second-order valence-electron chi connectivity index (χ2n) is 5.38. The van der Waals surface area contributed by atoms with E-state index in [1.807, 2.05) is 47.4 Å². The fourth-order valence-corrected chi connectivity index (χ4v) is 2.61. The Hall–Kier alpha value is -2.62. The van der Waals surface area contributed by atoms with Crippen molar-refractivity contribution in [2.45, 2.75) is 12.8 Å². The van der Waals surface area contributed by atoms with Crippen LogP contribution in [0, 0.1) is 0 Å². The summed E-state index contributed by atoms with van der Waals surface area (Å²) in [6.07, 6.45) is 1.10. The third-order valence-electron chi connectivity index (χ3n) is 3.87. The summed E-state index contributed by atoms with van der Waals surface area (Å²) in [7, 11) is 0. The highest BCUT2D eigenvalue weighted by Gasteiger charge is 2.17. The van der Waals surface area contributed by atoms with Gasteiger partial charge in [-0.15, -0.1) is 0 Å². The lowest BCUT2D eigenvalue weighted by Gasteiger charge is -2.26. The molecular weight excluding hydrogens is 274 g/mol. The van der Waals surface area contributed by atoms with E-state index in [2.05, 4.69) is 17.1 Å². The third-order valence-corrected chi connectivity index (χ3v) is 3.87. The van der Waals surface area contributed by atoms with Crippen molar-refractivity contribution < 1.29 is 4.79 Å². The van der Waals surface area contributed by atoms with E-state index in [1.54, 1.807) is 0 Å². The molecular formula is C18H19N3O. The van der Waals surface area contributed by atoms with E-state index >= 15 is 0 Å². The molecule has 2 aromatic rings. The van der Waals surface area contributed by atoms with Gasteiger partial charge in [0.2, 0.25) is 0 Å². The highest BCUT2D eigenvalue weighted by Crippen LogP contribution is 2.29. The van der Waals surface area contributed by atoms with Crippen molar-refractivity contribution in [2.75, 3.05) is 13.1 Å². The summed E-state index contributed by atoms with van der Waals surface area (Å²) in [5.41, 5.74) is 9.16. The number of hydrogen-bond acceptors (Lipinski definition) is 2. The van der Waals surface area contributed by atoms with E-state index < -0.39 is 0 Å². The lowest BCUT2D eigenvalue weighted by atomic mass is 10.0. The summed E-state index contributed by atoms with van der Waals surface area (Å²) in [6.45, 7) is 1.31. The van der Waals surface area contributed by atoms with Crippen LogP contribution in [0.15, 0.2) is 59.6 Å². The number of carbonyl (C=O) groups excluding carboxylic acids is 1. The number of para-hydroxylation sites is 1. The molecule has 0 radical (unpaired) electrons. The SMILES string of the molecule is NC(=Nc1ccccc1-c1ccccc1)N1CCC(=O)CC1. The fourth-order valence-electron chi connectivity index (χ4n) is 2.61. The Balaban J connectivity index is 1.89. The fraction of sp³-hybridized carbons (Fsp3) is 0.222. The smallest absolute Gasteiger partial charge is 0.196 e. The molecule has 0 saturated carbocycles. The Kier molecular flexibility index (Phi) is 4.19. The zero-order valence-corrected chi connectivity index (χ0v) is 12.4. The van der Waals surface area contributed by atoms with E-state index in [-0.39, 0.29) is 0 Å². The number of hydrogen-bond donors (Lipinski definition) is 1. The van der Waals surface area contributed by atoms with E-state index in [0.29, 0.717) is 37.7 Å².